The topological polar surface area (TPSA) is 38.1 Å². The lowest BCUT2D eigenvalue weighted by atomic mass is 10.2. The fraction of sp³-hybridized carbons (Fsp3) is 0.571. The maximum Gasteiger partial charge on any atom is 0.141 e. The van der Waals surface area contributed by atoms with Gasteiger partial charge < -0.3 is 9.84 Å². The van der Waals surface area contributed by atoms with E-state index in [1.807, 2.05) is 6.20 Å². The second-order valence-corrected chi connectivity index (χ2v) is 2.52. The van der Waals surface area contributed by atoms with Crippen molar-refractivity contribution in [2.45, 2.75) is 12.8 Å². The van der Waals surface area contributed by atoms with Crippen molar-refractivity contribution in [3.8, 4) is 0 Å². The van der Waals surface area contributed by atoms with Crippen LogP contribution in [0.5, 0.6) is 0 Å². The van der Waals surface area contributed by atoms with Gasteiger partial charge in [0, 0.05) is 18.5 Å². The molecular formula is C7H10N2O. The van der Waals surface area contributed by atoms with Gasteiger partial charge in [-0.2, -0.15) is 0 Å². The van der Waals surface area contributed by atoms with E-state index in [0.29, 0.717) is 0 Å². The van der Waals surface area contributed by atoms with E-state index in [1.165, 1.54) is 5.56 Å². The zero-order valence-corrected chi connectivity index (χ0v) is 5.76. The van der Waals surface area contributed by atoms with Crippen LogP contribution in [0, 0.1) is 0 Å². The number of fused-ring (bicyclic) bond motifs is 1. The summed E-state index contributed by atoms with van der Waals surface area (Å²) in [6.07, 6.45) is 3.86. The molecule has 2 heterocycles. The molecule has 0 aromatic carbocycles. The van der Waals surface area contributed by atoms with Crippen LogP contribution in [0.4, 0.5) is 0 Å². The summed E-state index contributed by atoms with van der Waals surface area (Å²) in [5.41, 5.74) is 1.27. The Kier molecular flexibility index (Phi) is 1.43. The molecule has 0 atom stereocenters. The molecule has 1 aliphatic heterocycles. The molecule has 0 amide bonds. The Morgan fingerprint density at radius 2 is 2.30 bits per heavy atom. The molecular weight excluding hydrogens is 128 g/mol. The van der Waals surface area contributed by atoms with E-state index in [1.54, 1.807) is 0 Å². The fourth-order valence-corrected chi connectivity index (χ4v) is 1.24. The Balaban J connectivity index is 2.28. The Bertz CT molecular complexity index is 199. The van der Waals surface area contributed by atoms with Crippen LogP contribution in [0.1, 0.15) is 11.3 Å². The van der Waals surface area contributed by atoms with Crippen LogP contribution in [0.2, 0.25) is 0 Å². The Morgan fingerprint density at radius 3 is 3.30 bits per heavy atom. The minimum Gasteiger partial charge on any atom is -0.361 e. The lowest BCUT2D eigenvalue weighted by Gasteiger charge is -1.92. The molecule has 0 saturated heterocycles. The van der Waals surface area contributed by atoms with Crippen molar-refractivity contribution in [2.24, 2.45) is 0 Å². The largest absolute Gasteiger partial charge is 0.361 e. The molecule has 0 saturated carbocycles. The van der Waals surface area contributed by atoms with Gasteiger partial charge in [0.2, 0.25) is 0 Å². The summed E-state index contributed by atoms with van der Waals surface area (Å²) in [7, 11) is 0. The lowest BCUT2D eigenvalue weighted by molar-refractivity contribution is 0.382. The average molecular weight is 138 g/mol. The van der Waals surface area contributed by atoms with Gasteiger partial charge >= 0.3 is 0 Å². The highest BCUT2D eigenvalue weighted by atomic mass is 16.5. The second-order valence-electron chi connectivity index (χ2n) is 2.52. The average Bonchev–Trinajstić information content (AvgIpc) is 2.28. The minimum absolute atomic E-state index is 0.981. The Labute approximate surface area is 59.4 Å². The Hall–Kier alpha value is -0.830. The van der Waals surface area contributed by atoms with Crippen LogP contribution in [-0.2, 0) is 12.8 Å². The Morgan fingerprint density at radius 1 is 1.40 bits per heavy atom. The molecule has 1 aromatic heterocycles. The van der Waals surface area contributed by atoms with Gasteiger partial charge in [-0.3, -0.25) is 0 Å². The summed E-state index contributed by atoms with van der Waals surface area (Å²) < 4.78 is 5.05. The summed E-state index contributed by atoms with van der Waals surface area (Å²) >= 11 is 0. The highest BCUT2D eigenvalue weighted by molar-refractivity contribution is 5.15. The number of hydrogen-bond donors (Lipinski definition) is 1. The van der Waals surface area contributed by atoms with Crippen molar-refractivity contribution in [3.05, 3.63) is 17.5 Å². The minimum atomic E-state index is 0.981. The first-order valence-electron chi connectivity index (χ1n) is 3.60. The van der Waals surface area contributed by atoms with Gasteiger partial charge in [-0.05, 0) is 13.0 Å². The second kappa shape index (κ2) is 2.42. The highest BCUT2D eigenvalue weighted by Crippen LogP contribution is 2.10. The third-order valence-electron chi connectivity index (χ3n) is 1.83. The molecule has 1 aromatic rings. The van der Waals surface area contributed by atoms with Crippen LogP contribution >= 0.6 is 0 Å². The van der Waals surface area contributed by atoms with E-state index in [9.17, 15) is 0 Å². The van der Waals surface area contributed by atoms with Gasteiger partial charge in [0.15, 0.2) is 0 Å². The number of nitrogens with one attached hydrogen (secondary N) is 1. The predicted molar refractivity (Wildman–Crippen MR) is 36.8 cm³/mol. The standard InChI is InChI=1S/C7H10N2O/c1-3-8-4-2-7-6(1)5-9-10-7/h5,8H,1-4H2. The maximum atomic E-state index is 5.05. The smallest absolute Gasteiger partial charge is 0.141 e. The summed E-state index contributed by atoms with van der Waals surface area (Å²) in [4.78, 5) is 0. The zero-order chi connectivity index (χ0) is 6.81. The maximum absolute atomic E-state index is 5.05. The van der Waals surface area contributed by atoms with E-state index in [-0.39, 0.29) is 0 Å². The SMILES string of the molecule is c1noc2c1CCNCC2. The van der Waals surface area contributed by atoms with Gasteiger partial charge in [0.05, 0.1) is 6.20 Å². The van der Waals surface area contributed by atoms with E-state index in [0.717, 1.165) is 31.7 Å². The van der Waals surface area contributed by atoms with E-state index < -0.39 is 0 Å². The van der Waals surface area contributed by atoms with E-state index in [4.69, 9.17) is 4.52 Å². The van der Waals surface area contributed by atoms with Crippen LogP contribution in [0.3, 0.4) is 0 Å². The molecule has 2 rings (SSSR count). The van der Waals surface area contributed by atoms with E-state index >= 15 is 0 Å². The predicted octanol–water partition coefficient (Wildman–Crippen LogP) is 0.363. The number of nitrogens with zero attached hydrogens (tertiary/aromatic N) is 1. The van der Waals surface area contributed by atoms with Crippen LogP contribution in [0.25, 0.3) is 0 Å². The zero-order valence-electron chi connectivity index (χ0n) is 5.76. The van der Waals surface area contributed by atoms with Gasteiger partial charge in [-0.25, -0.2) is 0 Å². The van der Waals surface area contributed by atoms with Gasteiger partial charge in [0.1, 0.15) is 5.76 Å². The number of hydrogen-bond acceptors (Lipinski definition) is 3. The molecule has 0 bridgehead atoms. The molecule has 10 heavy (non-hydrogen) atoms. The first-order valence-corrected chi connectivity index (χ1v) is 3.60. The molecule has 3 nitrogen and oxygen atoms in total. The molecule has 0 unspecified atom stereocenters. The van der Waals surface area contributed by atoms with Gasteiger partial charge in [-0.1, -0.05) is 5.16 Å². The van der Waals surface area contributed by atoms with Crippen molar-refractivity contribution < 1.29 is 4.52 Å². The van der Waals surface area contributed by atoms with Crippen LogP contribution in [0.15, 0.2) is 10.7 Å². The molecule has 0 radical (unpaired) electrons. The van der Waals surface area contributed by atoms with Crippen molar-refractivity contribution >= 4 is 0 Å². The summed E-state index contributed by atoms with van der Waals surface area (Å²) in [5, 5.41) is 7.04. The summed E-state index contributed by atoms with van der Waals surface area (Å²) in [6, 6.07) is 0. The monoisotopic (exact) mass is 138 g/mol. The molecule has 54 valence electrons. The molecule has 3 heteroatoms. The third kappa shape index (κ3) is 0.926. The molecule has 1 N–H and O–H groups in total. The third-order valence-corrected chi connectivity index (χ3v) is 1.83. The quantitative estimate of drug-likeness (QED) is 0.562. The van der Waals surface area contributed by atoms with Crippen molar-refractivity contribution in [2.75, 3.05) is 13.1 Å². The summed E-state index contributed by atoms with van der Waals surface area (Å²) in [6.45, 7) is 2.07. The van der Waals surface area contributed by atoms with Gasteiger partial charge in [-0.15, -0.1) is 0 Å². The molecule has 0 aliphatic carbocycles. The summed E-state index contributed by atoms with van der Waals surface area (Å²) in [5.74, 6) is 1.06. The number of aromatic nitrogens is 1. The van der Waals surface area contributed by atoms with Crippen molar-refractivity contribution in [3.63, 3.8) is 0 Å². The van der Waals surface area contributed by atoms with Crippen LogP contribution < -0.4 is 5.32 Å². The lowest BCUT2D eigenvalue weighted by Crippen LogP contribution is -2.16. The first-order chi connectivity index (χ1) is 4.97. The highest BCUT2D eigenvalue weighted by Gasteiger charge is 2.09. The normalized spacial score (nSPS) is 18.0. The fourth-order valence-electron chi connectivity index (χ4n) is 1.24. The van der Waals surface area contributed by atoms with Crippen molar-refractivity contribution in [1.82, 2.24) is 10.5 Å². The molecule has 0 fully saturated rings. The van der Waals surface area contributed by atoms with Gasteiger partial charge in [0.25, 0.3) is 0 Å². The van der Waals surface area contributed by atoms with Crippen LogP contribution in [-0.4, -0.2) is 18.2 Å². The molecule has 1 aliphatic rings. The number of rotatable bonds is 0. The first kappa shape index (κ1) is 5.92. The van der Waals surface area contributed by atoms with Crippen molar-refractivity contribution in [1.29, 1.82) is 0 Å². The molecule has 0 spiro atoms. The van der Waals surface area contributed by atoms with E-state index in [2.05, 4.69) is 10.5 Å².